The Morgan fingerprint density at radius 1 is 0.700 bits per heavy atom. The molecule has 3 rings (SSSR count). The van der Waals surface area contributed by atoms with Gasteiger partial charge in [0.05, 0.1) is 0 Å². The van der Waals surface area contributed by atoms with Gasteiger partial charge in [-0.15, -0.1) is 0 Å². The summed E-state index contributed by atoms with van der Waals surface area (Å²) in [5, 5.41) is 0. The van der Waals surface area contributed by atoms with Crippen molar-refractivity contribution in [2.75, 3.05) is 5.75 Å². The first-order chi connectivity index (χ1) is 9.92. The van der Waals surface area contributed by atoms with Crippen LogP contribution in [-0.2, 0) is 0 Å². The van der Waals surface area contributed by atoms with Crippen LogP contribution in [0.1, 0.15) is 49.1 Å². The highest BCUT2D eigenvalue weighted by molar-refractivity contribution is 7.80. The third kappa shape index (κ3) is 2.64. The van der Waals surface area contributed by atoms with E-state index in [0.29, 0.717) is 5.92 Å². The third-order valence-corrected chi connectivity index (χ3v) is 4.68. The lowest BCUT2D eigenvalue weighted by atomic mass is 9.91. The molecule has 0 amide bonds. The molecule has 0 aliphatic heterocycles. The zero-order valence-corrected chi connectivity index (χ0v) is 12.8. The van der Waals surface area contributed by atoms with Gasteiger partial charge in [0.25, 0.3) is 0 Å². The molecule has 0 saturated heterocycles. The van der Waals surface area contributed by atoms with Gasteiger partial charge in [0.2, 0.25) is 0 Å². The Morgan fingerprint density at radius 3 is 1.85 bits per heavy atom. The molecule has 0 saturated carbocycles. The van der Waals surface area contributed by atoms with Gasteiger partial charge in [0, 0.05) is 5.92 Å². The average Bonchev–Trinajstić information content (AvgIpc) is 2.82. The van der Waals surface area contributed by atoms with Gasteiger partial charge in [0.15, 0.2) is 0 Å². The zero-order valence-electron chi connectivity index (χ0n) is 11.9. The van der Waals surface area contributed by atoms with Crippen LogP contribution in [-0.4, -0.2) is 5.75 Å². The van der Waals surface area contributed by atoms with Crippen LogP contribution in [0.2, 0.25) is 0 Å². The molecule has 0 heterocycles. The van der Waals surface area contributed by atoms with Gasteiger partial charge in [-0.3, -0.25) is 0 Å². The number of fused-ring (bicyclic) bond motifs is 3. The lowest BCUT2D eigenvalue weighted by Gasteiger charge is -2.13. The minimum Gasteiger partial charge on any atom is -0.179 e. The summed E-state index contributed by atoms with van der Waals surface area (Å²) in [6.07, 6.45) is 6.50. The molecule has 0 bridgehead atoms. The maximum absolute atomic E-state index is 4.28. The van der Waals surface area contributed by atoms with Crippen molar-refractivity contribution in [1.82, 2.24) is 0 Å². The highest BCUT2D eigenvalue weighted by Crippen LogP contribution is 2.46. The first-order valence-electron chi connectivity index (χ1n) is 7.71. The summed E-state index contributed by atoms with van der Waals surface area (Å²) < 4.78 is 0. The summed E-state index contributed by atoms with van der Waals surface area (Å²) in [4.78, 5) is 0. The molecule has 0 nitrogen and oxygen atoms in total. The second-order valence-corrected chi connectivity index (χ2v) is 6.10. The summed E-state index contributed by atoms with van der Waals surface area (Å²) in [6, 6.07) is 17.8. The molecule has 20 heavy (non-hydrogen) atoms. The predicted octanol–water partition coefficient (Wildman–Crippen LogP) is 5.68. The van der Waals surface area contributed by atoms with E-state index in [1.165, 1.54) is 54.4 Å². The third-order valence-electron chi connectivity index (χ3n) is 4.36. The van der Waals surface area contributed by atoms with Crippen molar-refractivity contribution in [3.05, 3.63) is 59.7 Å². The Kier molecular flexibility index (Phi) is 4.47. The molecule has 0 radical (unpaired) electrons. The Balaban J connectivity index is 1.77. The molecule has 0 unspecified atom stereocenters. The lowest BCUT2D eigenvalue weighted by molar-refractivity contribution is 0.603. The van der Waals surface area contributed by atoms with E-state index in [1.807, 2.05) is 0 Å². The largest absolute Gasteiger partial charge is 0.179 e. The van der Waals surface area contributed by atoms with E-state index in [4.69, 9.17) is 0 Å². The molecule has 0 aromatic heterocycles. The zero-order chi connectivity index (χ0) is 13.8. The highest BCUT2D eigenvalue weighted by atomic mass is 32.1. The molecular formula is C19H22S. The van der Waals surface area contributed by atoms with Crippen LogP contribution in [0.4, 0.5) is 0 Å². The summed E-state index contributed by atoms with van der Waals surface area (Å²) in [5.41, 5.74) is 5.96. The summed E-state index contributed by atoms with van der Waals surface area (Å²) in [7, 11) is 0. The predicted molar refractivity (Wildman–Crippen MR) is 90.7 cm³/mol. The van der Waals surface area contributed by atoms with Crippen molar-refractivity contribution < 1.29 is 0 Å². The number of benzene rings is 2. The number of hydrogen-bond donors (Lipinski definition) is 1. The van der Waals surface area contributed by atoms with Gasteiger partial charge < -0.3 is 0 Å². The van der Waals surface area contributed by atoms with Gasteiger partial charge in [-0.05, 0) is 40.8 Å². The molecule has 0 atom stereocenters. The van der Waals surface area contributed by atoms with Crippen LogP contribution in [0, 0.1) is 0 Å². The normalized spacial score (nSPS) is 13.2. The fourth-order valence-corrected chi connectivity index (χ4v) is 3.61. The fourth-order valence-electron chi connectivity index (χ4n) is 3.38. The smallest absolute Gasteiger partial charge is 0.0102 e. The van der Waals surface area contributed by atoms with Crippen molar-refractivity contribution >= 4 is 12.6 Å². The number of rotatable bonds is 6. The van der Waals surface area contributed by atoms with Gasteiger partial charge in [-0.2, -0.15) is 12.6 Å². The molecule has 0 spiro atoms. The second-order valence-electron chi connectivity index (χ2n) is 5.65. The number of hydrogen-bond acceptors (Lipinski definition) is 1. The van der Waals surface area contributed by atoms with Crippen LogP contribution in [0.15, 0.2) is 48.5 Å². The van der Waals surface area contributed by atoms with Crippen LogP contribution < -0.4 is 0 Å². The van der Waals surface area contributed by atoms with Gasteiger partial charge in [-0.1, -0.05) is 67.8 Å². The van der Waals surface area contributed by atoms with Gasteiger partial charge >= 0.3 is 0 Å². The second kappa shape index (κ2) is 6.49. The average molecular weight is 282 g/mol. The standard InChI is InChI=1S/C19H22S/c20-14-8-2-1-3-9-15-16-10-4-6-12-18(16)19-13-7-5-11-17(15)19/h4-7,10-13,15,20H,1-3,8-9,14H2. The molecule has 0 N–H and O–H groups in total. The molecule has 1 aliphatic rings. The maximum Gasteiger partial charge on any atom is 0.0102 e. The van der Waals surface area contributed by atoms with E-state index in [2.05, 4.69) is 61.2 Å². The summed E-state index contributed by atoms with van der Waals surface area (Å²) in [6.45, 7) is 0. The Hall–Kier alpha value is -1.21. The topological polar surface area (TPSA) is 0 Å². The lowest BCUT2D eigenvalue weighted by Crippen LogP contribution is -1.96. The van der Waals surface area contributed by atoms with Crippen LogP contribution in [0.3, 0.4) is 0 Å². The molecule has 2 aromatic carbocycles. The molecule has 1 aliphatic carbocycles. The maximum atomic E-state index is 4.28. The molecule has 2 aromatic rings. The SMILES string of the molecule is SCCCCCCC1c2ccccc2-c2ccccc21. The highest BCUT2D eigenvalue weighted by Gasteiger charge is 2.26. The van der Waals surface area contributed by atoms with Crippen LogP contribution in [0.5, 0.6) is 0 Å². The van der Waals surface area contributed by atoms with Crippen molar-refractivity contribution in [3.63, 3.8) is 0 Å². The van der Waals surface area contributed by atoms with Crippen LogP contribution >= 0.6 is 12.6 Å². The monoisotopic (exact) mass is 282 g/mol. The number of unbranched alkanes of at least 4 members (excludes halogenated alkanes) is 3. The summed E-state index contributed by atoms with van der Waals surface area (Å²) >= 11 is 4.28. The number of thiol groups is 1. The van der Waals surface area contributed by atoms with Crippen LogP contribution in [0.25, 0.3) is 11.1 Å². The van der Waals surface area contributed by atoms with Crippen molar-refractivity contribution in [2.24, 2.45) is 0 Å². The van der Waals surface area contributed by atoms with Gasteiger partial charge in [0.1, 0.15) is 0 Å². The summed E-state index contributed by atoms with van der Waals surface area (Å²) in [5.74, 6) is 1.63. The van der Waals surface area contributed by atoms with Gasteiger partial charge in [-0.25, -0.2) is 0 Å². The minimum atomic E-state index is 0.610. The Morgan fingerprint density at radius 2 is 1.25 bits per heavy atom. The minimum absolute atomic E-state index is 0.610. The Labute approximate surface area is 127 Å². The quantitative estimate of drug-likeness (QED) is 0.511. The van der Waals surface area contributed by atoms with E-state index < -0.39 is 0 Å². The molecule has 1 heteroatoms. The van der Waals surface area contributed by atoms with E-state index in [-0.39, 0.29) is 0 Å². The van der Waals surface area contributed by atoms with E-state index >= 15 is 0 Å². The first-order valence-corrected chi connectivity index (χ1v) is 8.34. The van der Waals surface area contributed by atoms with E-state index in [1.54, 1.807) is 0 Å². The first kappa shape index (κ1) is 13.8. The van der Waals surface area contributed by atoms with E-state index in [9.17, 15) is 0 Å². The molecule has 104 valence electrons. The Bertz CT molecular complexity index is 528. The van der Waals surface area contributed by atoms with Crippen molar-refractivity contribution in [1.29, 1.82) is 0 Å². The van der Waals surface area contributed by atoms with Crippen molar-refractivity contribution in [3.8, 4) is 11.1 Å². The molecule has 0 fully saturated rings. The molecular weight excluding hydrogens is 260 g/mol. The fraction of sp³-hybridized carbons (Fsp3) is 0.368. The van der Waals surface area contributed by atoms with Crippen molar-refractivity contribution in [2.45, 2.75) is 38.0 Å². The van der Waals surface area contributed by atoms with E-state index in [0.717, 1.165) is 5.75 Å².